The average molecular weight is 223 g/mol. The fourth-order valence-electron chi connectivity index (χ4n) is 2.50. The molecule has 2 aliphatic rings. The number of hydrogen-bond donors (Lipinski definition) is 0. The van der Waals surface area contributed by atoms with Gasteiger partial charge in [0, 0.05) is 5.38 Å². The van der Waals surface area contributed by atoms with E-state index >= 15 is 0 Å². The van der Waals surface area contributed by atoms with Gasteiger partial charge in [-0.25, -0.2) is 0 Å². The third kappa shape index (κ3) is 1.48. The van der Waals surface area contributed by atoms with Crippen molar-refractivity contribution in [2.24, 2.45) is 0 Å². The summed E-state index contributed by atoms with van der Waals surface area (Å²) in [4.78, 5) is 14.2. The molecule has 2 bridgehead atoms. The van der Waals surface area contributed by atoms with E-state index in [9.17, 15) is 4.79 Å². The number of morpholine rings is 1. The van der Waals surface area contributed by atoms with Crippen LogP contribution < -0.4 is 0 Å². The van der Waals surface area contributed by atoms with Crippen LogP contribution in [0.5, 0.6) is 0 Å². The van der Waals surface area contributed by atoms with Crippen molar-refractivity contribution in [2.75, 3.05) is 13.2 Å². The zero-order valence-electron chi connectivity index (χ0n) is 8.39. The van der Waals surface area contributed by atoms with Crippen LogP contribution in [0.4, 0.5) is 0 Å². The largest absolute Gasteiger partial charge is 0.377 e. The number of nitrogens with zero attached hydrogens (tertiary/aromatic N) is 1. The summed E-state index contributed by atoms with van der Waals surface area (Å²) in [5, 5.41) is 3.88. The zero-order chi connectivity index (χ0) is 10.3. The zero-order valence-corrected chi connectivity index (χ0v) is 9.20. The van der Waals surface area contributed by atoms with Crippen LogP contribution in [0.15, 0.2) is 16.8 Å². The summed E-state index contributed by atoms with van der Waals surface area (Å²) in [5.74, 6) is 0.187. The summed E-state index contributed by atoms with van der Waals surface area (Å²) in [7, 11) is 0. The van der Waals surface area contributed by atoms with Crippen LogP contribution in [0.2, 0.25) is 0 Å². The lowest BCUT2D eigenvalue weighted by Gasteiger charge is -2.34. The van der Waals surface area contributed by atoms with E-state index in [0.29, 0.717) is 25.3 Å². The Morgan fingerprint density at radius 2 is 2.13 bits per heavy atom. The minimum Gasteiger partial charge on any atom is -0.377 e. The Kier molecular flexibility index (Phi) is 2.25. The third-order valence-electron chi connectivity index (χ3n) is 3.24. The molecule has 2 atom stereocenters. The van der Waals surface area contributed by atoms with Crippen LogP contribution in [0.25, 0.3) is 0 Å². The lowest BCUT2D eigenvalue weighted by atomic mass is 10.2. The second kappa shape index (κ2) is 3.61. The Balaban J connectivity index is 1.85. The lowest BCUT2D eigenvalue weighted by molar-refractivity contribution is -0.00712. The van der Waals surface area contributed by atoms with Crippen molar-refractivity contribution in [3.8, 4) is 0 Å². The van der Waals surface area contributed by atoms with Gasteiger partial charge in [0.15, 0.2) is 0 Å². The van der Waals surface area contributed by atoms with Gasteiger partial charge in [-0.05, 0) is 24.3 Å². The molecule has 3 rings (SSSR count). The summed E-state index contributed by atoms with van der Waals surface area (Å²) in [5.41, 5.74) is 0.832. The average Bonchev–Trinajstić information content (AvgIpc) is 2.85. The Morgan fingerprint density at radius 1 is 1.40 bits per heavy atom. The number of carbonyl (C=O) groups is 1. The smallest absolute Gasteiger partial charge is 0.255 e. The molecule has 2 saturated heterocycles. The van der Waals surface area contributed by atoms with Gasteiger partial charge in [-0.3, -0.25) is 4.79 Å². The highest BCUT2D eigenvalue weighted by Gasteiger charge is 2.40. The molecule has 80 valence electrons. The molecular weight excluding hydrogens is 210 g/mol. The topological polar surface area (TPSA) is 29.5 Å². The molecule has 1 aromatic heterocycles. The van der Waals surface area contributed by atoms with E-state index in [1.54, 1.807) is 11.3 Å². The standard InChI is InChI=1S/C11H13NO2S/c13-11(8-3-4-15-7-8)12-9-1-2-10(12)6-14-5-9/h3-4,7,9-10H,1-2,5-6H2. The van der Waals surface area contributed by atoms with Gasteiger partial charge < -0.3 is 9.64 Å². The summed E-state index contributed by atoms with van der Waals surface area (Å²) < 4.78 is 5.46. The highest BCUT2D eigenvalue weighted by molar-refractivity contribution is 7.08. The van der Waals surface area contributed by atoms with Crippen molar-refractivity contribution in [3.63, 3.8) is 0 Å². The van der Waals surface area contributed by atoms with Gasteiger partial charge in [0.1, 0.15) is 0 Å². The molecule has 2 fully saturated rings. The van der Waals surface area contributed by atoms with E-state index in [1.165, 1.54) is 0 Å². The van der Waals surface area contributed by atoms with Crippen LogP contribution in [-0.4, -0.2) is 36.1 Å². The van der Waals surface area contributed by atoms with Gasteiger partial charge in [-0.2, -0.15) is 11.3 Å². The summed E-state index contributed by atoms with van der Waals surface area (Å²) in [6, 6.07) is 2.54. The second-order valence-corrected chi connectivity index (χ2v) is 4.93. The molecular formula is C11H13NO2S. The van der Waals surface area contributed by atoms with Gasteiger partial charge in [0.05, 0.1) is 30.9 Å². The van der Waals surface area contributed by atoms with Crippen LogP contribution in [-0.2, 0) is 4.74 Å². The molecule has 15 heavy (non-hydrogen) atoms. The summed E-state index contributed by atoms with van der Waals surface area (Å²) in [6.07, 6.45) is 2.20. The predicted molar refractivity (Wildman–Crippen MR) is 58.1 cm³/mol. The molecule has 0 aliphatic carbocycles. The third-order valence-corrected chi connectivity index (χ3v) is 3.93. The molecule has 0 N–H and O–H groups in total. The maximum Gasteiger partial charge on any atom is 0.255 e. The van der Waals surface area contributed by atoms with Gasteiger partial charge in [-0.15, -0.1) is 0 Å². The van der Waals surface area contributed by atoms with E-state index in [4.69, 9.17) is 4.74 Å². The van der Waals surface area contributed by atoms with E-state index in [2.05, 4.69) is 0 Å². The SMILES string of the molecule is O=C(c1ccsc1)N1C2CCC1COC2. The number of rotatable bonds is 1. The fraction of sp³-hybridized carbons (Fsp3) is 0.545. The number of hydrogen-bond acceptors (Lipinski definition) is 3. The highest BCUT2D eigenvalue weighted by atomic mass is 32.1. The molecule has 0 aromatic carbocycles. The maximum atomic E-state index is 12.2. The summed E-state index contributed by atoms with van der Waals surface area (Å²) in [6.45, 7) is 1.43. The molecule has 0 saturated carbocycles. The predicted octanol–water partition coefficient (Wildman–Crippen LogP) is 1.75. The van der Waals surface area contributed by atoms with Crippen molar-refractivity contribution < 1.29 is 9.53 Å². The number of fused-ring (bicyclic) bond motifs is 2. The second-order valence-electron chi connectivity index (χ2n) is 4.15. The number of ether oxygens (including phenoxy) is 1. The minimum absolute atomic E-state index is 0.187. The van der Waals surface area contributed by atoms with Crippen LogP contribution in [0, 0.1) is 0 Å². The number of thiophene rings is 1. The Bertz CT molecular complexity index is 347. The first kappa shape index (κ1) is 9.36. The fourth-order valence-corrected chi connectivity index (χ4v) is 3.13. The molecule has 2 unspecified atom stereocenters. The highest BCUT2D eigenvalue weighted by Crippen LogP contribution is 2.30. The van der Waals surface area contributed by atoms with Crippen molar-refractivity contribution in [1.29, 1.82) is 0 Å². The van der Waals surface area contributed by atoms with Crippen molar-refractivity contribution in [3.05, 3.63) is 22.4 Å². The molecule has 1 amide bonds. The Morgan fingerprint density at radius 3 is 2.73 bits per heavy atom. The summed E-state index contributed by atoms with van der Waals surface area (Å²) >= 11 is 1.58. The van der Waals surface area contributed by atoms with Crippen LogP contribution in [0.1, 0.15) is 23.2 Å². The Labute approximate surface area is 92.6 Å². The molecule has 2 aliphatic heterocycles. The molecule has 0 radical (unpaired) electrons. The first-order chi connectivity index (χ1) is 7.36. The van der Waals surface area contributed by atoms with Gasteiger partial charge in [0.25, 0.3) is 5.91 Å². The number of carbonyl (C=O) groups excluding carboxylic acids is 1. The number of amides is 1. The lowest BCUT2D eigenvalue weighted by Crippen LogP contribution is -2.49. The van der Waals surface area contributed by atoms with E-state index < -0.39 is 0 Å². The van der Waals surface area contributed by atoms with Crippen molar-refractivity contribution >= 4 is 17.2 Å². The van der Waals surface area contributed by atoms with E-state index in [0.717, 1.165) is 18.4 Å². The molecule has 3 nitrogen and oxygen atoms in total. The van der Waals surface area contributed by atoms with Gasteiger partial charge >= 0.3 is 0 Å². The Hall–Kier alpha value is -0.870. The van der Waals surface area contributed by atoms with Gasteiger partial charge in [0.2, 0.25) is 0 Å². The van der Waals surface area contributed by atoms with Crippen molar-refractivity contribution in [2.45, 2.75) is 24.9 Å². The first-order valence-electron chi connectivity index (χ1n) is 5.29. The maximum absolute atomic E-state index is 12.2. The molecule has 4 heteroatoms. The first-order valence-corrected chi connectivity index (χ1v) is 6.23. The molecule has 3 heterocycles. The van der Waals surface area contributed by atoms with Crippen LogP contribution >= 0.6 is 11.3 Å². The van der Waals surface area contributed by atoms with E-state index in [1.807, 2.05) is 21.7 Å². The quantitative estimate of drug-likeness (QED) is 0.726. The van der Waals surface area contributed by atoms with Crippen molar-refractivity contribution in [1.82, 2.24) is 4.90 Å². The van der Waals surface area contributed by atoms with Crippen LogP contribution in [0.3, 0.4) is 0 Å². The minimum atomic E-state index is 0.187. The van der Waals surface area contributed by atoms with E-state index in [-0.39, 0.29) is 5.91 Å². The molecule has 0 spiro atoms. The molecule has 1 aromatic rings. The van der Waals surface area contributed by atoms with Gasteiger partial charge in [-0.1, -0.05) is 0 Å². The normalized spacial score (nSPS) is 29.5. The monoisotopic (exact) mass is 223 g/mol.